The maximum absolute atomic E-state index is 6.51. The quantitative estimate of drug-likeness (QED) is 0.719. The smallest absolute Gasteiger partial charge is 0.123 e. The molecule has 0 spiro atoms. The summed E-state index contributed by atoms with van der Waals surface area (Å²) in [6.07, 6.45) is 6.61. The molecule has 3 rings (SSSR count). The highest BCUT2D eigenvalue weighted by atomic mass is 35.5. The summed E-state index contributed by atoms with van der Waals surface area (Å²) in [7, 11) is 0. The summed E-state index contributed by atoms with van der Waals surface area (Å²) < 4.78 is 5.71. The van der Waals surface area contributed by atoms with Crippen LogP contribution in [0.2, 0.25) is 0 Å². The van der Waals surface area contributed by atoms with Crippen LogP contribution in [0.5, 0.6) is 5.75 Å². The summed E-state index contributed by atoms with van der Waals surface area (Å²) in [4.78, 5) is 0. The molecule has 1 aromatic rings. The van der Waals surface area contributed by atoms with Crippen LogP contribution in [0.15, 0.2) is 18.2 Å². The Kier molecular flexibility index (Phi) is 3.04. The van der Waals surface area contributed by atoms with Crippen LogP contribution in [-0.4, -0.2) is 6.10 Å². The van der Waals surface area contributed by atoms with Crippen molar-refractivity contribution in [2.45, 2.75) is 50.5 Å². The lowest BCUT2D eigenvalue weighted by atomic mass is 9.81. The van der Waals surface area contributed by atoms with Crippen molar-refractivity contribution < 1.29 is 4.74 Å². The molecule has 1 aliphatic carbocycles. The van der Waals surface area contributed by atoms with E-state index in [1.807, 2.05) is 0 Å². The summed E-state index contributed by atoms with van der Waals surface area (Å²) in [5.74, 6) is 1.91. The van der Waals surface area contributed by atoms with E-state index in [2.05, 4.69) is 25.1 Å². The van der Waals surface area contributed by atoms with Crippen LogP contribution in [0.25, 0.3) is 0 Å². The zero-order valence-electron chi connectivity index (χ0n) is 10.3. The van der Waals surface area contributed by atoms with Gasteiger partial charge >= 0.3 is 0 Å². The Hall–Kier alpha value is -0.690. The van der Waals surface area contributed by atoms with Crippen LogP contribution < -0.4 is 4.74 Å². The average molecular weight is 251 g/mol. The SMILES string of the molecule is CC1Cc2cc(C(Cl)CC3CCC3)ccc2O1. The third-order valence-electron chi connectivity index (χ3n) is 4.05. The molecule has 0 bridgehead atoms. The van der Waals surface area contributed by atoms with Gasteiger partial charge in [0.15, 0.2) is 0 Å². The number of hydrogen-bond acceptors (Lipinski definition) is 1. The maximum Gasteiger partial charge on any atom is 0.123 e. The summed E-state index contributed by atoms with van der Waals surface area (Å²) in [5, 5.41) is 0.182. The molecule has 2 unspecified atom stereocenters. The monoisotopic (exact) mass is 250 g/mol. The second-order valence-electron chi connectivity index (χ2n) is 5.50. The molecule has 0 aromatic heterocycles. The van der Waals surface area contributed by atoms with Gasteiger partial charge in [-0.2, -0.15) is 0 Å². The minimum Gasteiger partial charge on any atom is -0.490 e. The van der Waals surface area contributed by atoms with Crippen LogP contribution in [-0.2, 0) is 6.42 Å². The van der Waals surface area contributed by atoms with E-state index in [4.69, 9.17) is 16.3 Å². The van der Waals surface area contributed by atoms with Crippen LogP contribution in [0.1, 0.15) is 49.1 Å². The average Bonchev–Trinajstić information content (AvgIpc) is 2.62. The normalized spacial score (nSPS) is 24.9. The Morgan fingerprint density at radius 2 is 2.24 bits per heavy atom. The highest BCUT2D eigenvalue weighted by Crippen LogP contribution is 2.39. The van der Waals surface area contributed by atoms with Crippen molar-refractivity contribution in [3.8, 4) is 5.75 Å². The number of fused-ring (bicyclic) bond motifs is 1. The molecule has 1 nitrogen and oxygen atoms in total. The summed E-state index contributed by atoms with van der Waals surface area (Å²) >= 11 is 6.51. The van der Waals surface area contributed by atoms with Crippen LogP contribution >= 0.6 is 11.6 Å². The van der Waals surface area contributed by atoms with Crippen LogP contribution in [0.4, 0.5) is 0 Å². The molecule has 92 valence electrons. The summed E-state index contributed by atoms with van der Waals surface area (Å²) in [6.45, 7) is 2.12. The molecule has 1 aliphatic heterocycles. The van der Waals surface area contributed by atoms with E-state index in [0.29, 0.717) is 6.10 Å². The van der Waals surface area contributed by atoms with Gasteiger partial charge in [-0.25, -0.2) is 0 Å². The lowest BCUT2D eigenvalue weighted by Crippen LogP contribution is -2.12. The molecule has 0 amide bonds. The number of hydrogen-bond donors (Lipinski definition) is 0. The molecule has 2 heteroatoms. The molecule has 0 saturated heterocycles. The Bertz CT molecular complexity index is 411. The van der Waals surface area contributed by atoms with Gasteiger partial charge in [0.1, 0.15) is 11.9 Å². The third kappa shape index (κ3) is 2.30. The van der Waals surface area contributed by atoms with Crippen molar-refractivity contribution in [1.29, 1.82) is 0 Å². The van der Waals surface area contributed by atoms with Gasteiger partial charge in [-0.1, -0.05) is 31.4 Å². The Labute approximate surface area is 108 Å². The van der Waals surface area contributed by atoms with Gasteiger partial charge < -0.3 is 4.74 Å². The molecule has 1 aromatic carbocycles. The topological polar surface area (TPSA) is 9.23 Å². The van der Waals surface area contributed by atoms with Gasteiger partial charge in [-0.15, -0.1) is 11.6 Å². The number of benzene rings is 1. The van der Waals surface area contributed by atoms with Gasteiger partial charge in [0.05, 0.1) is 5.38 Å². The van der Waals surface area contributed by atoms with Crippen molar-refractivity contribution in [2.75, 3.05) is 0 Å². The molecule has 1 fully saturated rings. The van der Waals surface area contributed by atoms with Gasteiger partial charge in [0, 0.05) is 6.42 Å². The summed E-state index contributed by atoms with van der Waals surface area (Å²) in [5.41, 5.74) is 2.60. The van der Waals surface area contributed by atoms with Crippen molar-refractivity contribution >= 4 is 11.6 Å². The Balaban J connectivity index is 1.72. The lowest BCUT2D eigenvalue weighted by Gasteiger charge is -2.27. The molecule has 0 radical (unpaired) electrons. The molecule has 2 aliphatic rings. The number of alkyl halides is 1. The van der Waals surface area contributed by atoms with Crippen LogP contribution in [0.3, 0.4) is 0 Å². The van der Waals surface area contributed by atoms with E-state index < -0.39 is 0 Å². The Morgan fingerprint density at radius 3 is 2.94 bits per heavy atom. The highest BCUT2D eigenvalue weighted by molar-refractivity contribution is 6.20. The van der Waals surface area contributed by atoms with Crippen molar-refractivity contribution in [2.24, 2.45) is 5.92 Å². The van der Waals surface area contributed by atoms with E-state index in [-0.39, 0.29) is 5.38 Å². The number of rotatable bonds is 3. The molecule has 1 heterocycles. The molecular weight excluding hydrogens is 232 g/mol. The first kappa shape index (κ1) is 11.4. The maximum atomic E-state index is 6.51. The van der Waals surface area contributed by atoms with E-state index in [9.17, 15) is 0 Å². The second-order valence-corrected chi connectivity index (χ2v) is 6.03. The summed E-state index contributed by atoms with van der Waals surface area (Å²) in [6, 6.07) is 6.46. The third-order valence-corrected chi connectivity index (χ3v) is 4.48. The minimum absolute atomic E-state index is 0.182. The fraction of sp³-hybridized carbons (Fsp3) is 0.600. The van der Waals surface area contributed by atoms with Gasteiger partial charge in [0.2, 0.25) is 0 Å². The predicted octanol–water partition coefficient (Wildman–Crippen LogP) is 4.48. The lowest BCUT2D eigenvalue weighted by molar-refractivity contribution is 0.254. The zero-order valence-corrected chi connectivity index (χ0v) is 11.0. The fourth-order valence-corrected chi connectivity index (χ4v) is 3.18. The fourth-order valence-electron chi connectivity index (χ4n) is 2.79. The van der Waals surface area contributed by atoms with Gasteiger partial charge in [-0.3, -0.25) is 0 Å². The van der Waals surface area contributed by atoms with E-state index in [1.165, 1.54) is 30.4 Å². The van der Waals surface area contributed by atoms with Crippen LogP contribution in [0, 0.1) is 5.92 Å². The number of halogens is 1. The van der Waals surface area contributed by atoms with Crippen molar-refractivity contribution in [1.82, 2.24) is 0 Å². The Morgan fingerprint density at radius 1 is 1.41 bits per heavy atom. The largest absolute Gasteiger partial charge is 0.490 e. The van der Waals surface area contributed by atoms with Gasteiger partial charge in [0.25, 0.3) is 0 Å². The standard InChI is InChI=1S/C15H19ClO/c1-10-7-13-9-12(5-6-15(13)17-10)14(16)8-11-3-2-4-11/h5-6,9-11,14H,2-4,7-8H2,1H3. The molecule has 17 heavy (non-hydrogen) atoms. The second kappa shape index (κ2) is 4.53. The first-order chi connectivity index (χ1) is 8.22. The molecular formula is C15H19ClO. The number of ether oxygens (including phenoxy) is 1. The molecule has 2 atom stereocenters. The van der Waals surface area contributed by atoms with E-state index >= 15 is 0 Å². The molecule has 0 N–H and O–H groups in total. The van der Waals surface area contributed by atoms with Crippen molar-refractivity contribution in [3.63, 3.8) is 0 Å². The van der Waals surface area contributed by atoms with Crippen molar-refractivity contribution in [3.05, 3.63) is 29.3 Å². The first-order valence-electron chi connectivity index (χ1n) is 6.66. The minimum atomic E-state index is 0.182. The van der Waals surface area contributed by atoms with E-state index in [1.54, 1.807) is 0 Å². The highest BCUT2D eigenvalue weighted by Gasteiger charge is 2.24. The van der Waals surface area contributed by atoms with Gasteiger partial charge in [-0.05, 0) is 36.5 Å². The first-order valence-corrected chi connectivity index (χ1v) is 7.09. The molecule has 1 saturated carbocycles. The zero-order chi connectivity index (χ0) is 11.8. The predicted molar refractivity (Wildman–Crippen MR) is 70.8 cm³/mol. The van der Waals surface area contributed by atoms with E-state index in [0.717, 1.165) is 24.5 Å².